The van der Waals surface area contributed by atoms with E-state index in [1.165, 1.54) is 10.9 Å². The van der Waals surface area contributed by atoms with Crippen LogP contribution in [0.2, 0.25) is 0 Å². The maximum Gasteiger partial charge on any atom is 0.266 e. The maximum atomic E-state index is 13.9. The molecule has 1 aliphatic rings. The van der Waals surface area contributed by atoms with E-state index in [0.29, 0.717) is 41.4 Å². The minimum absolute atomic E-state index is 0.126. The lowest BCUT2D eigenvalue weighted by Gasteiger charge is -2.35. The fourth-order valence-corrected chi connectivity index (χ4v) is 5.41. The van der Waals surface area contributed by atoms with Crippen LogP contribution in [0.5, 0.6) is 0 Å². The highest BCUT2D eigenvalue weighted by atomic mass is 32.1. The van der Waals surface area contributed by atoms with Crippen molar-refractivity contribution >= 4 is 39.1 Å². The molecule has 0 aliphatic carbocycles. The zero-order chi connectivity index (χ0) is 23.9. The monoisotopic (exact) mass is 474 g/mol. The molecule has 1 aliphatic heterocycles. The average Bonchev–Trinajstić information content (AvgIpc) is 3.08. The zero-order valence-electron chi connectivity index (χ0n) is 18.5. The summed E-state index contributed by atoms with van der Waals surface area (Å²) in [5.41, 5.74) is -0.180. The highest BCUT2D eigenvalue weighted by Gasteiger charge is 2.26. The van der Waals surface area contributed by atoms with Crippen molar-refractivity contribution in [2.45, 2.75) is 33.7 Å². The highest BCUT2D eigenvalue weighted by molar-refractivity contribution is 7.20. The van der Waals surface area contributed by atoms with Crippen LogP contribution in [0, 0.1) is 30.4 Å². The van der Waals surface area contributed by atoms with Gasteiger partial charge in [-0.2, -0.15) is 0 Å². The zero-order valence-corrected chi connectivity index (χ0v) is 19.3. The topological polar surface area (TPSA) is 84.3 Å². The highest BCUT2D eigenvalue weighted by Crippen LogP contribution is 2.28. The molecule has 2 atom stereocenters. The van der Waals surface area contributed by atoms with Gasteiger partial charge in [-0.15, -0.1) is 11.3 Å². The van der Waals surface area contributed by atoms with Gasteiger partial charge in [-0.25, -0.2) is 13.8 Å². The Morgan fingerprint density at radius 3 is 2.58 bits per heavy atom. The Labute approximate surface area is 193 Å². The average molecular weight is 475 g/mol. The summed E-state index contributed by atoms with van der Waals surface area (Å²) in [6, 6.07) is 2.84. The molecule has 1 N–H and O–H groups in total. The summed E-state index contributed by atoms with van der Waals surface area (Å²) in [7, 11) is 0. The van der Waals surface area contributed by atoms with Crippen molar-refractivity contribution < 1.29 is 18.4 Å². The van der Waals surface area contributed by atoms with E-state index >= 15 is 0 Å². The van der Waals surface area contributed by atoms with Gasteiger partial charge in [0.05, 0.1) is 22.3 Å². The summed E-state index contributed by atoms with van der Waals surface area (Å²) >= 11 is 1.00. The van der Waals surface area contributed by atoms with E-state index in [4.69, 9.17) is 0 Å². The van der Waals surface area contributed by atoms with Gasteiger partial charge in [-0.05, 0) is 42.9 Å². The predicted molar refractivity (Wildman–Crippen MR) is 122 cm³/mol. The lowest BCUT2D eigenvalue weighted by molar-refractivity contribution is -0.134. The van der Waals surface area contributed by atoms with Gasteiger partial charge in [0.15, 0.2) is 0 Å². The number of halogens is 2. The van der Waals surface area contributed by atoms with Crippen molar-refractivity contribution in [1.82, 2.24) is 14.5 Å². The second-order valence-corrected chi connectivity index (χ2v) is 9.74. The van der Waals surface area contributed by atoms with Crippen molar-refractivity contribution in [3.8, 4) is 0 Å². The molecule has 0 saturated carbocycles. The molecule has 0 bridgehead atoms. The lowest BCUT2D eigenvalue weighted by atomic mass is 9.92. The van der Waals surface area contributed by atoms with Gasteiger partial charge in [-0.3, -0.25) is 19.0 Å². The van der Waals surface area contributed by atoms with Crippen molar-refractivity contribution in [2.24, 2.45) is 11.8 Å². The Morgan fingerprint density at radius 1 is 1.21 bits per heavy atom. The number of anilines is 1. The number of nitrogens with zero attached hydrogens (tertiary/aromatic N) is 3. The third-order valence-corrected chi connectivity index (χ3v) is 7.03. The van der Waals surface area contributed by atoms with Crippen LogP contribution in [-0.4, -0.2) is 39.4 Å². The van der Waals surface area contributed by atoms with Crippen LogP contribution in [0.15, 0.2) is 29.3 Å². The third kappa shape index (κ3) is 4.66. The lowest BCUT2D eigenvalue weighted by Crippen LogP contribution is -2.44. The molecule has 10 heteroatoms. The largest absolute Gasteiger partial charge is 0.341 e. The Morgan fingerprint density at radius 2 is 1.91 bits per heavy atom. The fourth-order valence-electron chi connectivity index (χ4n) is 4.37. The number of hydrogen-bond acceptors (Lipinski definition) is 5. The van der Waals surface area contributed by atoms with Gasteiger partial charge in [0.2, 0.25) is 5.91 Å². The Hall–Kier alpha value is -3.14. The number of aryl methyl sites for hydroxylation is 1. The van der Waals surface area contributed by atoms with E-state index in [1.807, 2.05) is 0 Å². The molecule has 2 amide bonds. The minimum Gasteiger partial charge on any atom is -0.341 e. The molecular weight excluding hydrogens is 450 g/mol. The molecule has 0 unspecified atom stereocenters. The molecule has 7 nitrogen and oxygen atoms in total. The first-order valence-electron chi connectivity index (χ1n) is 10.7. The maximum absolute atomic E-state index is 13.9. The molecule has 1 aromatic carbocycles. The Bertz CT molecular complexity index is 1290. The van der Waals surface area contributed by atoms with Gasteiger partial charge < -0.3 is 10.2 Å². The molecule has 1 fully saturated rings. The predicted octanol–water partition coefficient (Wildman–Crippen LogP) is 3.80. The van der Waals surface area contributed by atoms with E-state index in [9.17, 15) is 23.2 Å². The Balaban J connectivity index is 1.59. The van der Waals surface area contributed by atoms with E-state index < -0.39 is 23.1 Å². The summed E-state index contributed by atoms with van der Waals surface area (Å²) in [4.78, 5) is 45.3. The molecule has 0 spiro atoms. The number of rotatable bonds is 4. The first-order chi connectivity index (χ1) is 15.6. The van der Waals surface area contributed by atoms with Gasteiger partial charge in [-0.1, -0.05) is 13.8 Å². The van der Waals surface area contributed by atoms with Crippen molar-refractivity contribution in [2.75, 3.05) is 18.4 Å². The van der Waals surface area contributed by atoms with Crippen molar-refractivity contribution in [1.29, 1.82) is 0 Å². The molecule has 3 aromatic rings. The van der Waals surface area contributed by atoms with Crippen LogP contribution in [-0.2, 0) is 11.3 Å². The number of fused-ring (bicyclic) bond motifs is 1. The molecule has 3 heterocycles. The van der Waals surface area contributed by atoms with E-state index in [1.54, 1.807) is 11.8 Å². The first-order valence-corrected chi connectivity index (χ1v) is 11.5. The third-order valence-electron chi connectivity index (χ3n) is 5.83. The number of hydrogen-bond donors (Lipinski definition) is 1. The molecule has 33 heavy (non-hydrogen) atoms. The number of amides is 2. The van der Waals surface area contributed by atoms with Crippen LogP contribution >= 0.6 is 11.3 Å². The minimum atomic E-state index is -0.901. The number of nitrogens with one attached hydrogen (secondary N) is 1. The van der Waals surface area contributed by atoms with Crippen molar-refractivity contribution in [3.63, 3.8) is 0 Å². The van der Waals surface area contributed by atoms with E-state index in [2.05, 4.69) is 24.1 Å². The number of carbonyl (C=O) groups excluding carboxylic acids is 2. The quantitative estimate of drug-likeness (QED) is 0.624. The number of benzene rings is 1. The summed E-state index contributed by atoms with van der Waals surface area (Å²) < 4.78 is 28.3. The van der Waals surface area contributed by atoms with Crippen LogP contribution < -0.4 is 10.9 Å². The number of piperidine rings is 1. The standard InChI is InChI=1S/C23H24F2N4O3S/c1-12-6-13(2)9-28(8-12)18(30)10-29-11-26-22-19(23(29)32)14(3)20(33-22)21(31)27-17-5-4-15(24)7-16(17)25/h4-5,7,11-13H,6,8-10H2,1-3H3,(H,27,31)/t12-,13+. The molecular formula is C23H24F2N4O3S. The SMILES string of the molecule is Cc1c(C(=O)Nc2ccc(F)cc2F)sc2ncn(CC(=O)N3C[C@H](C)C[C@H](C)C3)c(=O)c12. The number of aromatic nitrogens is 2. The molecule has 0 radical (unpaired) electrons. The summed E-state index contributed by atoms with van der Waals surface area (Å²) in [5.74, 6) is -1.62. The van der Waals surface area contributed by atoms with Crippen LogP contribution in [0.3, 0.4) is 0 Å². The smallest absolute Gasteiger partial charge is 0.266 e. The van der Waals surface area contributed by atoms with Crippen LogP contribution in [0.25, 0.3) is 10.2 Å². The molecule has 4 rings (SSSR count). The van der Waals surface area contributed by atoms with E-state index in [0.717, 1.165) is 29.9 Å². The van der Waals surface area contributed by atoms with Gasteiger partial charge in [0.25, 0.3) is 11.5 Å². The number of carbonyl (C=O) groups is 2. The molecule has 174 valence electrons. The number of likely N-dealkylation sites (tertiary alicyclic amines) is 1. The molecule has 2 aromatic heterocycles. The van der Waals surface area contributed by atoms with Crippen molar-refractivity contribution in [3.05, 3.63) is 57.0 Å². The summed E-state index contributed by atoms with van der Waals surface area (Å²) in [5, 5.41) is 2.66. The summed E-state index contributed by atoms with van der Waals surface area (Å²) in [6.45, 7) is 7.02. The Kier molecular flexibility index (Phi) is 6.29. The van der Waals surface area contributed by atoms with Gasteiger partial charge in [0.1, 0.15) is 23.0 Å². The summed E-state index contributed by atoms with van der Waals surface area (Å²) in [6.07, 6.45) is 2.38. The van der Waals surface area contributed by atoms with E-state index in [-0.39, 0.29) is 28.4 Å². The molecule has 1 saturated heterocycles. The second-order valence-electron chi connectivity index (χ2n) is 8.74. The van der Waals surface area contributed by atoms with Gasteiger partial charge >= 0.3 is 0 Å². The first kappa shape index (κ1) is 23.0. The van der Waals surface area contributed by atoms with Crippen LogP contribution in [0.4, 0.5) is 14.5 Å². The van der Waals surface area contributed by atoms with Crippen LogP contribution in [0.1, 0.15) is 35.5 Å². The van der Waals surface area contributed by atoms with Gasteiger partial charge in [0, 0.05) is 19.2 Å². The normalized spacial score (nSPS) is 18.5. The second kappa shape index (κ2) is 9.01. The fraction of sp³-hybridized carbons (Fsp3) is 0.391. The number of thiophene rings is 1.